The molecule has 82 valence electrons. The van der Waals surface area contributed by atoms with Crippen LogP contribution in [0.1, 0.15) is 12.5 Å². The fraction of sp³-hybridized carbons (Fsp3) is 0.545. The molecule has 0 amide bonds. The van der Waals surface area contributed by atoms with Gasteiger partial charge in [-0.2, -0.15) is 0 Å². The highest BCUT2D eigenvalue weighted by Crippen LogP contribution is 2.25. The molecule has 0 spiro atoms. The summed E-state index contributed by atoms with van der Waals surface area (Å²) in [7, 11) is 0. The van der Waals surface area contributed by atoms with Crippen molar-refractivity contribution < 1.29 is 0 Å². The number of likely N-dealkylation sites (tertiary alicyclic amines) is 1. The van der Waals surface area contributed by atoms with Gasteiger partial charge in [0.25, 0.3) is 0 Å². The van der Waals surface area contributed by atoms with Crippen LogP contribution in [0.3, 0.4) is 0 Å². The summed E-state index contributed by atoms with van der Waals surface area (Å²) in [6.07, 6.45) is 3.51. The van der Waals surface area contributed by atoms with Crippen LogP contribution in [-0.2, 0) is 6.54 Å². The molecule has 2 atom stereocenters. The minimum atomic E-state index is 0.609. The lowest BCUT2D eigenvalue weighted by molar-refractivity contribution is 0.320. The predicted molar refractivity (Wildman–Crippen MR) is 66.4 cm³/mol. The van der Waals surface area contributed by atoms with Crippen LogP contribution in [0, 0.1) is 5.92 Å². The van der Waals surface area contributed by atoms with Gasteiger partial charge in [-0.15, -0.1) is 0 Å². The van der Waals surface area contributed by atoms with E-state index < -0.39 is 0 Å². The Bertz CT molecular complexity index is 335. The average Bonchev–Trinajstić information content (AvgIpc) is 2.50. The minimum Gasteiger partial charge on any atom is -0.298 e. The van der Waals surface area contributed by atoms with E-state index in [9.17, 15) is 0 Å². The molecular weight excluding hydrogens is 275 g/mol. The van der Waals surface area contributed by atoms with Gasteiger partial charge in [-0.3, -0.25) is 9.88 Å². The number of alkyl halides is 1. The first-order chi connectivity index (χ1) is 7.16. The van der Waals surface area contributed by atoms with Crippen molar-refractivity contribution in [2.24, 2.45) is 5.92 Å². The Hall–Kier alpha value is -0.120. The van der Waals surface area contributed by atoms with Gasteiger partial charge in [0.05, 0.1) is 5.02 Å². The molecule has 0 aromatic carbocycles. The number of rotatable bonds is 2. The maximum Gasteiger partial charge on any atom is 0.0634 e. The van der Waals surface area contributed by atoms with Crippen molar-refractivity contribution >= 4 is 27.5 Å². The summed E-state index contributed by atoms with van der Waals surface area (Å²) in [5, 5.41) is 0.767. The summed E-state index contributed by atoms with van der Waals surface area (Å²) in [5.74, 6) is 0.714. The first-order valence-corrected chi connectivity index (χ1v) is 6.41. The molecular formula is C11H14BrClN2. The highest BCUT2D eigenvalue weighted by molar-refractivity contribution is 9.09. The molecule has 1 aromatic heterocycles. The highest BCUT2D eigenvalue weighted by Gasteiger charge is 2.27. The van der Waals surface area contributed by atoms with Crippen LogP contribution < -0.4 is 0 Å². The summed E-state index contributed by atoms with van der Waals surface area (Å²) in [5.41, 5.74) is 1.17. The van der Waals surface area contributed by atoms with Crippen molar-refractivity contribution in [3.63, 3.8) is 0 Å². The smallest absolute Gasteiger partial charge is 0.0634 e. The van der Waals surface area contributed by atoms with Crippen molar-refractivity contribution in [2.45, 2.75) is 18.3 Å². The van der Waals surface area contributed by atoms with Crippen LogP contribution in [0.5, 0.6) is 0 Å². The van der Waals surface area contributed by atoms with Crippen LogP contribution in [0.2, 0.25) is 5.02 Å². The molecule has 1 aromatic rings. The molecule has 15 heavy (non-hydrogen) atoms. The molecule has 0 radical (unpaired) electrons. The number of hydrogen-bond donors (Lipinski definition) is 0. The Morgan fingerprint density at radius 2 is 2.40 bits per heavy atom. The summed E-state index contributed by atoms with van der Waals surface area (Å²) in [6.45, 7) is 5.43. The Morgan fingerprint density at radius 3 is 3.00 bits per heavy atom. The largest absolute Gasteiger partial charge is 0.298 e. The molecule has 2 heterocycles. The fourth-order valence-electron chi connectivity index (χ4n) is 1.93. The van der Waals surface area contributed by atoms with E-state index in [0.29, 0.717) is 10.7 Å². The average molecular weight is 290 g/mol. The van der Waals surface area contributed by atoms with Gasteiger partial charge < -0.3 is 0 Å². The Balaban J connectivity index is 2.01. The third-order valence-electron chi connectivity index (χ3n) is 2.85. The maximum absolute atomic E-state index is 6.07. The summed E-state index contributed by atoms with van der Waals surface area (Å²) in [4.78, 5) is 7.02. The number of aromatic nitrogens is 1. The number of halogens is 2. The van der Waals surface area contributed by atoms with E-state index in [2.05, 4.69) is 32.7 Å². The standard InChI is InChI=1S/C11H14BrClN2/c1-8-5-15(7-10(8)12)6-9-2-3-14-4-11(9)13/h2-4,8,10H,5-7H2,1H3. The molecule has 4 heteroatoms. The maximum atomic E-state index is 6.07. The summed E-state index contributed by atoms with van der Waals surface area (Å²) < 4.78 is 0. The van der Waals surface area contributed by atoms with Crippen LogP contribution >= 0.6 is 27.5 Å². The molecule has 1 aliphatic rings. The van der Waals surface area contributed by atoms with Gasteiger partial charge in [-0.1, -0.05) is 34.5 Å². The topological polar surface area (TPSA) is 16.1 Å². The third-order valence-corrected chi connectivity index (χ3v) is 4.38. The van der Waals surface area contributed by atoms with Gasteiger partial charge in [0, 0.05) is 36.9 Å². The molecule has 1 saturated heterocycles. The van der Waals surface area contributed by atoms with Crippen molar-refractivity contribution in [2.75, 3.05) is 13.1 Å². The lowest BCUT2D eigenvalue weighted by Crippen LogP contribution is -2.20. The van der Waals surface area contributed by atoms with Crippen LogP contribution in [-0.4, -0.2) is 27.8 Å². The van der Waals surface area contributed by atoms with Crippen LogP contribution in [0.4, 0.5) is 0 Å². The van der Waals surface area contributed by atoms with E-state index in [-0.39, 0.29) is 0 Å². The number of nitrogens with zero attached hydrogens (tertiary/aromatic N) is 2. The Kier molecular flexibility index (Phi) is 3.65. The quantitative estimate of drug-likeness (QED) is 0.778. The van der Waals surface area contributed by atoms with Gasteiger partial charge >= 0.3 is 0 Å². The summed E-state index contributed by atoms with van der Waals surface area (Å²) >= 11 is 9.76. The van der Waals surface area contributed by atoms with Crippen molar-refractivity contribution in [3.8, 4) is 0 Å². The molecule has 0 bridgehead atoms. The highest BCUT2D eigenvalue weighted by atomic mass is 79.9. The molecule has 0 N–H and O–H groups in total. The van der Waals surface area contributed by atoms with Gasteiger partial charge in [0.1, 0.15) is 0 Å². The fourth-order valence-corrected chi connectivity index (χ4v) is 2.68. The molecule has 2 unspecified atom stereocenters. The second-order valence-electron chi connectivity index (χ2n) is 4.15. The zero-order chi connectivity index (χ0) is 10.8. The van der Waals surface area contributed by atoms with Gasteiger partial charge in [0.15, 0.2) is 0 Å². The SMILES string of the molecule is CC1CN(Cc2ccncc2Cl)CC1Br. The van der Waals surface area contributed by atoms with Gasteiger partial charge in [0.2, 0.25) is 0 Å². The lowest BCUT2D eigenvalue weighted by atomic mass is 10.2. The van der Waals surface area contributed by atoms with Gasteiger partial charge in [-0.05, 0) is 17.5 Å². The molecule has 2 rings (SSSR count). The number of pyridine rings is 1. The number of hydrogen-bond acceptors (Lipinski definition) is 2. The lowest BCUT2D eigenvalue weighted by Gasteiger charge is -2.15. The molecule has 2 nitrogen and oxygen atoms in total. The zero-order valence-corrected chi connectivity index (χ0v) is 11.0. The van der Waals surface area contributed by atoms with E-state index in [4.69, 9.17) is 11.6 Å². The van der Waals surface area contributed by atoms with E-state index >= 15 is 0 Å². The molecule has 0 aliphatic carbocycles. The van der Waals surface area contributed by atoms with E-state index in [1.165, 1.54) is 5.56 Å². The second kappa shape index (κ2) is 4.81. The van der Waals surface area contributed by atoms with Crippen molar-refractivity contribution in [1.29, 1.82) is 0 Å². The first kappa shape index (κ1) is 11.4. The third kappa shape index (κ3) is 2.71. The van der Waals surface area contributed by atoms with Crippen LogP contribution in [0.25, 0.3) is 0 Å². The van der Waals surface area contributed by atoms with E-state index in [0.717, 1.165) is 24.7 Å². The van der Waals surface area contributed by atoms with Gasteiger partial charge in [-0.25, -0.2) is 0 Å². The second-order valence-corrected chi connectivity index (χ2v) is 5.74. The van der Waals surface area contributed by atoms with Crippen molar-refractivity contribution in [3.05, 3.63) is 29.0 Å². The van der Waals surface area contributed by atoms with E-state index in [1.54, 1.807) is 12.4 Å². The monoisotopic (exact) mass is 288 g/mol. The molecule has 1 aliphatic heterocycles. The molecule has 0 saturated carbocycles. The minimum absolute atomic E-state index is 0.609. The Morgan fingerprint density at radius 1 is 1.60 bits per heavy atom. The zero-order valence-electron chi connectivity index (χ0n) is 8.66. The van der Waals surface area contributed by atoms with Crippen LogP contribution in [0.15, 0.2) is 18.5 Å². The van der Waals surface area contributed by atoms with Crippen molar-refractivity contribution in [1.82, 2.24) is 9.88 Å². The first-order valence-electron chi connectivity index (χ1n) is 5.11. The Labute approximate surface area is 104 Å². The predicted octanol–water partition coefficient (Wildman–Crippen LogP) is 2.95. The normalized spacial score (nSPS) is 27.1. The molecule has 1 fully saturated rings. The summed E-state index contributed by atoms with van der Waals surface area (Å²) in [6, 6.07) is 1.99. The van der Waals surface area contributed by atoms with E-state index in [1.807, 2.05) is 6.07 Å².